The van der Waals surface area contributed by atoms with E-state index in [0.717, 1.165) is 11.3 Å². The monoisotopic (exact) mass is 325 g/mol. The van der Waals surface area contributed by atoms with Gasteiger partial charge in [-0.25, -0.2) is 8.42 Å². The first-order valence-corrected chi connectivity index (χ1v) is 7.86. The highest BCUT2D eigenvalue weighted by Gasteiger charge is 2.23. The number of nitrogens with zero attached hydrogens (tertiary/aromatic N) is 1. The Morgan fingerprint density at radius 2 is 2.06 bits per heavy atom. The number of hydrogen-bond acceptors (Lipinski definition) is 4. The van der Waals surface area contributed by atoms with Crippen molar-refractivity contribution in [2.45, 2.75) is 18.7 Å². The lowest BCUT2D eigenvalue weighted by molar-refractivity contribution is 0.601. The molecule has 0 amide bonds. The van der Waals surface area contributed by atoms with Crippen molar-refractivity contribution in [2.75, 3.05) is 4.72 Å². The highest BCUT2D eigenvalue weighted by molar-refractivity contribution is 7.93. The Bertz CT molecular complexity index is 671. The molecule has 0 aromatic carbocycles. The van der Waals surface area contributed by atoms with E-state index in [0.29, 0.717) is 21.4 Å². The number of thiophene rings is 1. The number of H-pyrrole nitrogens is 1. The van der Waals surface area contributed by atoms with Gasteiger partial charge in [0.1, 0.15) is 9.23 Å². The molecule has 9 heteroatoms. The van der Waals surface area contributed by atoms with Crippen molar-refractivity contribution in [3.05, 3.63) is 26.1 Å². The lowest BCUT2D eigenvalue weighted by Crippen LogP contribution is -2.13. The molecule has 0 radical (unpaired) electrons. The number of nitrogens with one attached hydrogen (secondary N) is 2. The Labute approximate surface area is 118 Å². The van der Waals surface area contributed by atoms with E-state index in [2.05, 4.69) is 14.9 Å². The molecule has 98 valence electrons. The number of anilines is 1. The van der Waals surface area contributed by atoms with Crippen molar-refractivity contribution in [3.63, 3.8) is 0 Å². The highest BCUT2D eigenvalue weighted by Crippen LogP contribution is 2.35. The maximum atomic E-state index is 12.1. The van der Waals surface area contributed by atoms with E-state index in [-0.39, 0.29) is 9.23 Å². The molecule has 2 aromatic heterocycles. The van der Waals surface area contributed by atoms with Crippen molar-refractivity contribution in [1.29, 1.82) is 0 Å². The zero-order valence-corrected chi connectivity index (χ0v) is 12.6. The Balaban J connectivity index is 2.42. The van der Waals surface area contributed by atoms with E-state index >= 15 is 0 Å². The normalized spacial score (nSPS) is 11.8. The third kappa shape index (κ3) is 2.49. The summed E-state index contributed by atoms with van der Waals surface area (Å²) in [7, 11) is -3.75. The molecule has 0 unspecified atom stereocenters. The van der Waals surface area contributed by atoms with Crippen LogP contribution in [-0.4, -0.2) is 18.6 Å². The molecule has 0 aliphatic heterocycles. The van der Waals surface area contributed by atoms with E-state index in [1.54, 1.807) is 13.8 Å². The van der Waals surface area contributed by atoms with Crippen LogP contribution in [0.2, 0.25) is 8.67 Å². The van der Waals surface area contributed by atoms with E-state index in [9.17, 15) is 8.42 Å². The summed E-state index contributed by atoms with van der Waals surface area (Å²) in [6.07, 6.45) is 0. The van der Waals surface area contributed by atoms with Gasteiger partial charge in [0, 0.05) is 0 Å². The number of aryl methyl sites for hydroxylation is 2. The van der Waals surface area contributed by atoms with Crippen LogP contribution in [-0.2, 0) is 10.0 Å². The molecular formula is C9H9Cl2N3O2S2. The summed E-state index contributed by atoms with van der Waals surface area (Å²) in [5, 5.41) is 6.61. The second-order valence-electron chi connectivity index (χ2n) is 3.60. The summed E-state index contributed by atoms with van der Waals surface area (Å²) in [6, 6.07) is 1.32. The maximum absolute atomic E-state index is 12.1. The van der Waals surface area contributed by atoms with Gasteiger partial charge in [-0.15, -0.1) is 11.3 Å². The molecule has 0 aliphatic carbocycles. The smallest absolute Gasteiger partial charge is 0.264 e. The predicted octanol–water partition coefficient (Wildman–Crippen LogP) is 3.20. The average molecular weight is 326 g/mol. The lowest BCUT2D eigenvalue weighted by Gasteiger charge is -2.06. The van der Waals surface area contributed by atoms with E-state index < -0.39 is 10.0 Å². The van der Waals surface area contributed by atoms with Gasteiger partial charge < -0.3 is 0 Å². The molecule has 2 N–H and O–H groups in total. The summed E-state index contributed by atoms with van der Waals surface area (Å²) in [4.78, 5) is -0.0285. The van der Waals surface area contributed by atoms with Crippen LogP contribution in [0.25, 0.3) is 0 Å². The summed E-state index contributed by atoms with van der Waals surface area (Å²) in [5.41, 5.74) is 1.62. The number of rotatable bonds is 3. The van der Waals surface area contributed by atoms with Gasteiger partial charge in [-0.2, -0.15) is 5.10 Å². The molecule has 0 bridgehead atoms. The molecule has 5 nitrogen and oxygen atoms in total. The van der Waals surface area contributed by atoms with Crippen LogP contribution < -0.4 is 4.72 Å². The molecule has 0 spiro atoms. The first-order chi connectivity index (χ1) is 8.31. The number of aromatic nitrogens is 2. The molecule has 2 aromatic rings. The Kier molecular flexibility index (Phi) is 3.59. The fourth-order valence-electron chi connectivity index (χ4n) is 1.40. The SMILES string of the molecule is Cc1n[nH]c(C)c1NS(=O)(=O)c1cc(Cl)sc1Cl. The zero-order valence-electron chi connectivity index (χ0n) is 9.41. The molecule has 0 saturated heterocycles. The quantitative estimate of drug-likeness (QED) is 0.909. The van der Waals surface area contributed by atoms with Crippen LogP contribution in [0.15, 0.2) is 11.0 Å². The molecule has 2 heterocycles. The van der Waals surface area contributed by atoms with Gasteiger partial charge in [0.25, 0.3) is 10.0 Å². The van der Waals surface area contributed by atoms with Crippen molar-refractivity contribution in [1.82, 2.24) is 10.2 Å². The number of sulfonamides is 1. The van der Waals surface area contributed by atoms with Crippen LogP contribution in [0.1, 0.15) is 11.4 Å². The van der Waals surface area contributed by atoms with Crippen LogP contribution in [0.4, 0.5) is 5.69 Å². The van der Waals surface area contributed by atoms with Crippen LogP contribution >= 0.6 is 34.5 Å². The van der Waals surface area contributed by atoms with E-state index in [4.69, 9.17) is 23.2 Å². The maximum Gasteiger partial charge on any atom is 0.264 e. The summed E-state index contributed by atoms with van der Waals surface area (Å²) in [6.45, 7) is 3.42. The minimum Gasteiger partial charge on any atom is -0.280 e. The third-order valence-electron chi connectivity index (χ3n) is 2.28. The van der Waals surface area contributed by atoms with Gasteiger partial charge in [-0.05, 0) is 19.9 Å². The van der Waals surface area contributed by atoms with Crippen molar-refractivity contribution in [3.8, 4) is 0 Å². The zero-order chi connectivity index (χ0) is 13.5. The largest absolute Gasteiger partial charge is 0.280 e. The average Bonchev–Trinajstić information content (AvgIpc) is 2.75. The first kappa shape index (κ1) is 13.7. The third-order valence-corrected chi connectivity index (χ3v) is 5.38. The van der Waals surface area contributed by atoms with Crippen molar-refractivity contribution < 1.29 is 8.42 Å². The molecule has 0 fully saturated rings. The van der Waals surface area contributed by atoms with Gasteiger partial charge in [0.15, 0.2) is 0 Å². The van der Waals surface area contributed by atoms with E-state index in [1.807, 2.05) is 0 Å². The highest BCUT2D eigenvalue weighted by atomic mass is 35.5. The van der Waals surface area contributed by atoms with Gasteiger partial charge >= 0.3 is 0 Å². The molecule has 2 rings (SSSR count). The van der Waals surface area contributed by atoms with Gasteiger partial charge in [-0.1, -0.05) is 23.2 Å². The van der Waals surface area contributed by atoms with Crippen LogP contribution in [0.3, 0.4) is 0 Å². The Morgan fingerprint density at radius 3 is 2.50 bits per heavy atom. The van der Waals surface area contributed by atoms with Crippen LogP contribution in [0.5, 0.6) is 0 Å². The van der Waals surface area contributed by atoms with Gasteiger partial charge in [-0.3, -0.25) is 9.82 Å². The fraction of sp³-hybridized carbons (Fsp3) is 0.222. The van der Waals surface area contributed by atoms with E-state index in [1.165, 1.54) is 6.07 Å². The lowest BCUT2D eigenvalue weighted by atomic mass is 10.3. The van der Waals surface area contributed by atoms with Gasteiger partial charge in [0.05, 0.1) is 21.4 Å². The van der Waals surface area contributed by atoms with Gasteiger partial charge in [0.2, 0.25) is 0 Å². The molecule has 0 aliphatic rings. The summed E-state index contributed by atoms with van der Waals surface area (Å²) >= 11 is 12.6. The second-order valence-corrected chi connectivity index (χ2v) is 7.54. The first-order valence-electron chi connectivity index (χ1n) is 4.80. The molecule has 18 heavy (non-hydrogen) atoms. The number of aromatic amines is 1. The van der Waals surface area contributed by atoms with Crippen molar-refractivity contribution in [2.24, 2.45) is 0 Å². The Morgan fingerprint density at radius 1 is 1.39 bits per heavy atom. The molecular weight excluding hydrogens is 317 g/mol. The number of halogens is 2. The standard InChI is InChI=1S/C9H9Cl2N3O2S2/c1-4-8(5(2)13-12-4)14-18(15,16)6-3-7(10)17-9(6)11/h3,14H,1-2H3,(H,12,13). The fourth-order valence-corrected chi connectivity index (χ4v) is 4.73. The predicted molar refractivity (Wildman–Crippen MR) is 73.2 cm³/mol. The topological polar surface area (TPSA) is 74.8 Å². The second kappa shape index (κ2) is 4.73. The summed E-state index contributed by atoms with van der Waals surface area (Å²) in [5.74, 6) is 0. The van der Waals surface area contributed by atoms with Crippen LogP contribution in [0, 0.1) is 13.8 Å². The minimum absolute atomic E-state index is 0.0285. The minimum atomic E-state index is -3.75. The summed E-state index contributed by atoms with van der Waals surface area (Å²) < 4.78 is 27.2. The molecule has 0 atom stereocenters. The molecule has 0 saturated carbocycles. The Hall–Kier alpha value is -0.760. The van der Waals surface area contributed by atoms with Crippen molar-refractivity contribution >= 4 is 50.2 Å². The number of hydrogen-bond donors (Lipinski definition) is 2.